The SMILES string of the molecule is CC(C)C(=O)N(C1CCCCC1)C1CCN(C(=O)C(Cc2ccc(Cl)cc2)NC(=O)C2CCN2)C1. The standard InChI is InChI=1S/C27H39ClN4O3/c1-18(2)26(34)32(21-6-4-3-5-7-21)22-13-15-31(17-22)27(35)24(30-25(33)23-12-14-29-23)16-19-8-10-20(28)11-9-19/h8-11,18,21-24,29H,3-7,12-17H2,1-2H3,(H,30,33). The van der Waals surface area contributed by atoms with E-state index in [1.807, 2.05) is 30.9 Å². The maximum absolute atomic E-state index is 13.7. The number of hydrogen-bond donors (Lipinski definition) is 2. The number of nitrogens with one attached hydrogen (secondary N) is 2. The summed E-state index contributed by atoms with van der Waals surface area (Å²) in [4.78, 5) is 43.6. The zero-order chi connectivity index (χ0) is 24.9. The monoisotopic (exact) mass is 502 g/mol. The highest BCUT2D eigenvalue weighted by Crippen LogP contribution is 2.29. The summed E-state index contributed by atoms with van der Waals surface area (Å²) in [5.74, 6) is -0.0688. The van der Waals surface area contributed by atoms with Gasteiger partial charge >= 0.3 is 0 Å². The lowest BCUT2D eigenvalue weighted by molar-refractivity contribution is -0.141. The lowest BCUT2D eigenvalue weighted by Gasteiger charge is -2.39. The van der Waals surface area contributed by atoms with E-state index < -0.39 is 6.04 Å². The fourth-order valence-electron chi connectivity index (χ4n) is 5.55. The van der Waals surface area contributed by atoms with Crippen LogP contribution in [0.3, 0.4) is 0 Å². The highest BCUT2D eigenvalue weighted by molar-refractivity contribution is 6.30. The van der Waals surface area contributed by atoms with Gasteiger partial charge in [-0.2, -0.15) is 0 Å². The zero-order valence-corrected chi connectivity index (χ0v) is 21.7. The van der Waals surface area contributed by atoms with Crippen LogP contribution in [0.15, 0.2) is 24.3 Å². The van der Waals surface area contributed by atoms with E-state index in [0.29, 0.717) is 24.5 Å². The van der Waals surface area contributed by atoms with Gasteiger partial charge < -0.3 is 20.4 Å². The topological polar surface area (TPSA) is 81.8 Å². The van der Waals surface area contributed by atoms with Crippen LogP contribution in [0.5, 0.6) is 0 Å². The molecule has 0 aromatic heterocycles. The van der Waals surface area contributed by atoms with Gasteiger partial charge in [0.2, 0.25) is 17.7 Å². The average Bonchev–Trinajstić information content (AvgIpc) is 3.29. The van der Waals surface area contributed by atoms with Gasteiger partial charge in [-0.15, -0.1) is 0 Å². The molecule has 3 fully saturated rings. The van der Waals surface area contributed by atoms with Crippen LogP contribution in [0, 0.1) is 5.92 Å². The number of carbonyl (C=O) groups is 3. The molecule has 2 heterocycles. The number of amides is 3. The number of nitrogens with zero attached hydrogens (tertiary/aromatic N) is 2. The predicted molar refractivity (Wildman–Crippen MR) is 137 cm³/mol. The van der Waals surface area contributed by atoms with E-state index in [4.69, 9.17) is 11.6 Å². The van der Waals surface area contributed by atoms with Crippen LogP contribution in [0.2, 0.25) is 5.02 Å². The first-order valence-electron chi connectivity index (χ1n) is 13.2. The van der Waals surface area contributed by atoms with Gasteiger partial charge in [-0.3, -0.25) is 14.4 Å². The normalized spacial score (nSPS) is 23.6. The van der Waals surface area contributed by atoms with E-state index in [1.165, 1.54) is 6.42 Å². The third kappa shape index (κ3) is 6.36. The molecule has 7 nitrogen and oxygen atoms in total. The summed E-state index contributed by atoms with van der Waals surface area (Å²) in [7, 11) is 0. The molecule has 2 saturated heterocycles. The molecule has 192 valence electrons. The van der Waals surface area contributed by atoms with Crippen LogP contribution in [0.1, 0.15) is 64.4 Å². The van der Waals surface area contributed by atoms with Gasteiger partial charge in [0.25, 0.3) is 0 Å². The van der Waals surface area contributed by atoms with Crippen molar-refractivity contribution in [3.05, 3.63) is 34.9 Å². The minimum Gasteiger partial charge on any atom is -0.343 e. The molecule has 1 aliphatic carbocycles. The van der Waals surface area contributed by atoms with Crippen molar-refractivity contribution < 1.29 is 14.4 Å². The predicted octanol–water partition coefficient (Wildman–Crippen LogP) is 3.15. The van der Waals surface area contributed by atoms with Crippen LogP contribution in [-0.2, 0) is 20.8 Å². The number of carbonyl (C=O) groups excluding carboxylic acids is 3. The highest BCUT2D eigenvalue weighted by Gasteiger charge is 2.40. The Morgan fingerprint density at radius 1 is 1.06 bits per heavy atom. The summed E-state index contributed by atoms with van der Waals surface area (Å²) >= 11 is 6.04. The summed E-state index contributed by atoms with van der Waals surface area (Å²) in [5, 5.41) is 6.75. The molecule has 3 atom stereocenters. The number of halogens is 1. The lowest BCUT2D eigenvalue weighted by atomic mass is 9.92. The van der Waals surface area contributed by atoms with Crippen LogP contribution in [0.4, 0.5) is 0 Å². The molecular formula is C27H39ClN4O3. The van der Waals surface area contributed by atoms with Crippen molar-refractivity contribution in [1.82, 2.24) is 20.4 Å². The van der Waals surface area contributed by atoms with E-state index >= 15 is 0 Å². The molecule has 8 heteroatoms. The second kappa shape index (κ2) is 11.7. The van der Waals surface area contributed by atoms with E-state index in [0.717, 1.165) is 50.6 Å². The minimum atomic E-state index is -0.645. The van der Waals surface area contributed by atoms with Gasteiger partial charge in [-0.05, 0) is 49.9 Å². The molecule has 0 radical (unpaired) electrons. The van der Waals surface area contributed by atoms with Gasteiger partial charge in [-0.25, -0.2) is 0 Å². The number of likely N-dealkylation sites (tertiary alicyclic amines) is 1. The van der Waals surface area contributed by atoms with Crippen LogP contribution in [-0.4, -0.2) is 71.3 Å². The van der Waals surface area contributed by atoms with Crippen molar-refractivity contribution in [3.63, 3.8) is 0 Å². The molecule has 2 aliphatic heterocycles. The van der Waals surface area contributed by atoms with Crippen molar-refractivity contribution in [3.8, 4) is 0 Å². The zero-order valence-electron chi connectivity index (χ0n) is 21.0. The maximum Gasteiger partial charge on any atom is 0.245 e. The quantitative estimate of drug-likeness (QED) is 0.572. The number of hydrogen-bond acceptors (Lipinski definition) is 4. The number of rotatable bonds is 8. The van der Waals surface area contributed by atoms with Gasteiger partial charge in [0.05, 0.1) is 12.1 Å². The van der Waals surface area contributed by atoms with E-state index in [2.05, 4.69) is 15.5 Å². The summed E-state index contributed by atoms with van der Waals surface area (Å²) in [6.45, 7) is 5.88. The summed E-state index contributed by atoms with van der Waals surface area (Å²) in [5.41, 5.74) is 0.948. The Hall–Kier alpha value is -2.12. The first kappa shape index (κ1) is 26.0. The third-order valence-corrected chi connectivity index (χ3v) is 7.94. The largest absolute Gasteiger partial charge is 0.343 e. The van der Waals surface area contributed by atoms with Crippen LogP contribution < -0.4 is 10.6 Å². The fraction of sp³-hybridized carbons (Fsp3) is 0.667. The second-order valence-corrected chi connectivity index (χ2v) is 11.0. The molecule has 3 unspecified atom stereocenters. The summed E-state index contributed by atoms with van der Waals surface area (Å²) < 4.78 is 0. The Labute approximate surface area is 213 Å². The highest BCUT2D eigenvalue weighted by atomic mass is 35.5. The van der Waals surface area contributed by atoms with Crippen molar-refractivity contribution in [2.24, 2.45) is 5.92 Å². The summed E-state index contributed by atoms with van der Waals surface area (Å²) in [6.07, 6.45) is 7.63. The Balaban J connectivity index is 1.47. The molecular weight excluding hydrogens is 464 g/mol. The first-order chi connectivity index (χ1) is 16.8. The van der Waals surface area contributed by atoms with Crippen molar-refractivity contribution >= 4 is 29.3 Å². The Bertz CT molecular complexity index is 896. The molecule has 1 aromatic carbocycles. The molecule has 3 aliphatic rings. The molecule has 1 saturated carbocycles. The Morgan fingerprint density at radius 3 is 2.34 bits per heavy atom. The van der Waals surface area contributed by atoms with Gasteiger partial charge in [-0.1, -0.05) is 56.8 Å². The van der Waals surface area contributed by atoms with Crippen molar-refractivity contribution in [2.75, 3.05) is 19.6 Å². The molecule has 35 heavy (non-hydrogen) atoms. The van der Waals surface area contributed by atoms with Crippen molar-refractivity contribution in [1.29, 1.82) is 0 Å². The molecule has 1 aromatic rings. The summed E-state index contributed by atoms with van der Waals surface area (Å²) in [6, 6.07) is 6.84. The molecule has 2 N–H and O–H groups in total. The Morgan fingerprint density at radius 2 is 1.74 bits per heavy atom. The van der Waals surface area contributed by atoms with Gasteiger partial charge in [0.1, 0.15) is 6.04 Å². The van der Waals surface area contributed by atoms with Crippen LogP contribution >= 0.6 is 11.6 Å². The number of benzene rings is 1. The molecule has 3 amide bonds. The van der Waals surface area contributed by atoms with Gasteiger partial charge in [0.15, 0.2) is 0 Å². The van der Waals surface area contributed by atoms with Gasteiger partial charge in [0, 0.05) is 36.5 Å². The van der Waals surface area contributed by atoms with E-state index in [1.54, 1.807) is 12.1 Å². The third-order valence-electron chi connectivity index (χ3n) is 7.69. The van der Waals surface area contributed by atoms with Crippen molar-refractivity contribution in [2.45, 2.75) is 89.4 Å². The molecule has 0 spiro atoms. The Kier molecular flexibility index (Phi) is 8.71. The average molecular weight is 503 g/mol. The lowest BCUT2D eigenvalue weighted by Crippen LogP contribution is -2.58. The smallest absolute Gasteiger partial charge is 0.245 e. The molecule has 4 rings (SSSR count). The van der Waals surface area contributed by atoms with E-state index in [-0.39, 0.29) is 41.8 Å². The van der Waals surface area contributed by atoms with E-state index in [9.17, 15) is 14.4 Å². The maximum atomic E-state index is 13.7. The van der Waals surface area contributed by atoms with Crippen LogP contribution in [0.25, 0.3) is 0 Å². The molecule has 0 bridgehead atoms. The minimum absolute atomic E-state index is 0.0390. The first-order valence-corrected chi connectivity index (χ1v) is 13.6. The fourth-order valence-corrected chi connectivity index (χ4v) is 5.67. The second-order valence-electron chi connectivity index (χ2n) is 10.6.